The third kappa shape index (κ3) is 4.65. The van der Waals surface area contributed by atoms with Gasteiger partial charge in [0.25, 0.3) is 5.91 Å². The Morgan fingerprint density at radius 3 is 2.52 bits per heavy atom. The Labute approximate surface area is 168 Å². The van der Waals surface area contributed by atoms with Gasteiger partial charge >= 0.3 is 0 Å². The molecule has 142 valence electrons. The van der Waals surface area contributed by atoms with Gasteiger partial charge in [0.15, 0.2) is 0 Å². The van der Waals surface area contributed by atoms with Gasteiger partial charge in [-0.2, -0.15) is 5.10 Å². The molecule has 0 radical (unpaired) electrons. The number of rotatable bonds is 6. The summed E-state index contributed by atoms with van der Waals surface area (Å²) in [6, 6.07) is 25.3. The molecule has 1 heterocycles. The third-order valence-corrected chi connectivity index (χ3v) is 4.48. The van der Waals surface area contributed by atoms with Gasteiger partial charge < -0.3 is 4.74 Å². The number of pyridine rings is 1. The fourth-order valence-electron chi connectivity index (χ4n) is 2.96. The highest BCUT2D eigenvalue weighted by molar-refractivity contribution is 5.94. The number of carbonyl (C=O) groups excluding carboxylic acids is 1. The first-order valence-electron chi connectivity index (χ1n) is 9.22. The van der Waals surface area contributed by atoms with Crippen LogP contribution in [0.15, 0.2) is 96.4 Å². The zero-order chi connectivity index (χ0) is 19.9. The summed E-state index contributed by atoms with van der Waals surface area (Å²) in [5.41, 5.74) is 5.01. The molecule has 0 unspecified atom stereocenters. The molecule has 29 heavy (non-hydrogen) atoms. The quantitative estimate of drug-likeness (QED) is 0.393. The molecule has 1 aromatic heterocycles. The van der Waals surface area contributed by atoms with Crippen LogP contribution in [0.25, 0.3) is 10.8 Å². The molecule has 0 fully saturated rings. The number of benzene rings is 3. The SMILES string of the molecule is O=C(N/N=C\c1ccc(OCc2cccc3ccccc23)cc1)c1ccncc1. The predicted molar refractivity (Wildman–Crippen MR) is 114 cm³/mol. The molecule has 5 nitrogen and oxygen atoms in total. The minimum Gasteiger partial charge on any atom is -0.489 e. The number of ether oxygens (including phenoxy) is 1. The Bertz CT molecular complexity index is 1130. The summed E-state index contributed by atoms with van der Waals surface area (Å²) in [5, 5.41) is 6.39. The predicted octanol–water partition coefficient (Wildman–Crippen LogP) is 4.58. The first kappa shape index (κ1) is 18.4. The Kier molecular flexibility index (Phi) is 5.58. The lowest BCUT2D eigenvalue weighted by Gasteiger charge is -2.09. The summed E-state index contributed by atoms with van der Waals surface area (Å²) in [4.78, 5) is 15.8. The van der Waals surface area contributed by atoms with E-state index >= 15 is 0 Å². The maximum atomic E-state index is 11.9. The van der Waals surface area contributed by atoms with Crippen LogP contribution in [0, 0.1) is 0 Å². The average Bonchev–Trinajstić information content (AvgIpc) is 2.79. The molecule has 0 spiro atoms. The van der Waals surface area contributed by atoms with Gasteiger partial charge in [-0.25, -0.2) is 5.43 Å². The van der Waals surface area contributed by atoms with Crippen molar-refractivity contribution < 1.29 is 9.53 Å². The lowest BCUT2D eigenvalue weighted by atomic mass is 10.1. The first-order valence-corrected chi connectivity index (χ1v) is 9.22. The van der Waals surface area contributed by atoms with E-state index in [1.807, 2.05) is 42.5 Å². The molecule has 0 aliphatic carbocycles. The second-order valence-corrected chi connectivity index (χ2v) is 6.43. The van der Waals surface area contributed by atoms with E-state index in [0.717, 1.165) is 16.9 Å². The van der Waals surface area contributed by atoms with Gasteiger partial charge in [-0.15, -0.1) is 0 Å². The largest absolute Gasteiger partial charge is 0.489 e. The third-order valence-electron chi connectivity index (χ3n) is 4.48. The molecule has 0 aliphatic heterocycles. The van der Waals surface area contributed by atoms with Gasteiger partial charge in [0.05, 0.1) is 6.21 Å². The van der Waals surface area contributed by atoms with Crippen LogP contribution in [0.5, 0.6) is 5.75 Å². The lowest BCUT2D eigenvalue weighted by Crippen LogP contribution is -2.17. The number of carbonyl (C=O) groups is 1. The highest BCUT2D eigenvalue weighted by Gasteiger charge is 2.03. The average molecular weight is 381 g/mol. The van der Waals surface area contributed by atoms with Crippen molar-refractivity contribution in [2.75, 3.05) is 0 Å². The molecule has 0 atom stereocenters. The van der Waals surface area contributed by atoms with Gasteiger partial charge in [-0.05, 0) is 58.3 Å². The van der Waals surface area contributed by atoms with Gasteiger partial charge in [-0.3, -0.25) is 9.78 Å². The van der Waals surface area contributed by atoms with Crippen LogP contribution < -0.4 is 10.2 Å². The zero-order valence-electron chi connectivity index (χ0n) is 15.7. The minimum atomic E-state index is -0.279. The van der Waals surface area contributed by atoms with E-state index in [0.29, 0.717) is 12.2 Å². The minimum absolute atomic E-state index is 0.279. The standard InChI is InChI=1S/C24H19N3O2/c28-24(20-12-14-25-15-13-20)27-26-16-18-8-10-22(11-9-18)29-17-21-6-3-5-19-4-1-2-7-23(19)21/h1-16H,17H2,(H,27,28)/b26-16-. The molecule has 4 rings (SSSR count). The maximum absolute atomic E-state index is 11.9. The van der Waals surface area contributed by atoms with Gasteiger partial charge in [0, 0.05) is 18.0 Å². The summed E-state index contributed by atoms with van der Waals surface area (Å²) < 4.78 is 5.94. The molecular weight excluding hydrogens is 362 g/mol. The van der Waals surface area contributed by atoms with E-state index in [1.165, 1.54) is 10.8 Å². The Morgan fingerprint density at radius 2 is 1.69 bits per heavy atom. The molecule has 0 saturated carbocycles. The topological polar surface area (TPSA) is 63.6 Å². The highest BCUT2D eigenvalue weighted by Crippen LogP contribution is 2.20. The van der Waals surface area contributed by atoms with Crippen molar-refractivity contribution >= 4 is 22.9 Å². The number of nitrogens with zero attached hydrogens (tertiary/aromatic N) is 2. The van der Waals surface area contributed by atoms with Crippen LogP contribution in [0.3, 0.4) is 0 Å². The van der Waals surface area contributed by atoms with E-state index in [9.17, 15) is 4.79 Å². The van der Waals surface area contributed by atoms with Gasteiger partial charge in [0.1, 0.15) is 12.4 Å². The fraction of sp³-hybridized carbons (Fsp3) is 0.0417. The van der Waals surface area contributed by atoms with Gasteiger partial charge in [0.2, 0.25) is 0 Å². The summed E-state index contributed by atoms with van der Waals surface area (Å²) in [6.07, 6.45) is 4.72. The van der Waals surface area contributed by atoms with Crippen molar-refractivity contribution in [3.05, 3.63) is 108 Å². The van der Waals surface area contributed by atoms with Crippen molar-refractivity contribution in [2.45, 2.75) is 6.61 Å². The van der Waals surface area contributed by atoms with Gasteiger partial charge in [-0.1, -0.05) is 42.5 Å². The number of fused-ring (bicyclic) bond motifs is 1. The van der Waals surface area contributed by atoms with Crippen LogP contribution in [0.4, 0.5) is 0 Å². The molecule has 1 N–H and O–H groups in total. The summed E-state index contributed by atoms with van der Waals surface area (Å²) in [6.45, 7) is 0.497. The van der Waals surface area contributed by atoms with E-state index in [1.54, 1.807) is 30.7 Å². The molecule has 1 amide bonds. The Hall–Kier alpha value is -3.99. The zero-order valence-corrected chi connectivity index (χ0v) is 15.7. The number of nitrogens with one attached hydrogen (secondary N) is 1. The van der Waals surface area contributed by atoms with E-state index in [-0.39, 0.29) is 5.91 Å². The fourth-order valence-corrected chi connectivity index (χ4v) is 2.96. The Morgan fingerprint density at radius 1 is 0.931 bits per heavy atom. The van der Waals surface area contributed by atoms with Crippen LogP contribution >= 0.6 is 0 Å². The monoisotopic (exact) mass is 381 g/mol. The summed E-state index contributed by atoms with van der Waals surface area (Å²) in [5.74, 6) is 0.495. The molecule has 4 aromatic rings. The van der Waals surface area contributed by atoms with E-state index < -0.39 is 0 Å². The Balaban J connectivity index is 1.35. The summed E-state index contributed by atoms with van der Waals surface area (Å²) in [7, 11) is 0. The van der Waals surface area contributed by atoms with Crippen molar-refractivity contribution in [3.8, 4) is 5.75 Å². The molecule has 0 saturated heterocycles. The second kappa shape index (κ2) is 8.80. The number of hydrazone groups is 1. The normalized spacial score (nSPS) is 10.9. The van der Waals surface area contributed by atoms with Crippen molar-refractivity contribution in [1.82, 2.24) is 10.4 Å². The highest BCUT2D eigenvalue weighted by atomic mass is 16.5. The number of amides is 1. The number of hydrogen-bond donors (Lipinski definition) is 1. The second-order valence-electron chi connectivity index (χ2n) is 6.43. The van der Waals surface area contributed by atoms with Crippen molar-refractivity contribution in [2.24, 2.45) is 5.10 Å². The summed E-state index contributed by atoms with van der Waals surface area (Å²) >= 11 is 0. The first-order chi connectivity index (χ1) is 14.3. The lowest BCUT2D eigenvalue weighted by molar-refractivity contribution is 0.0955. The molecular formula is C24H19N3O2. The number of aromatic nitrogens is 1. The van der Waals surface area contributed by atoms with Crippen LogP contribution in [-0.2, 0) is 6.61 Å². The van der Waals surface area contributed by atoms with Crippen LogP contribution in [0.2, 0.25) is 0 Å². The molecule has 0 bridgehead atoms. The molecule has 0 aliphatic rings. The smallest absolute Gasteiger partial charge is 0.271 e. The molecule has 3 aromatic carbocycles. The molecule has 5 heteroatoms. The number of hydrogen-bond acceptors (Lipinski definition) is 4. The van der Waals surface area contributed by atoms with E-state index in [4.69, 9.17) is 4.74 Å². The van der Waals surface area contributed by atoms with Crippen LogP contribution in [-0.4, -0.2) is 17.1 Å². The van der Waals surface area contributed by atoms with Crippen molar-refractivity contribution in [3.63, 3.8) is 0 Å². The van der Waals surface area contributed by atoms with E-state index in [2.05, 4.69) is 39.8 Å². The maximum Gasteiger partial charge on any atom is 0.271 e. The van der Waals surface area contributed by atoms with Crippen molar-refractivity contribution in [1.29, 1.82) is 0 Å². The van der Waals surface area contributed by atoms with Crippen LogP contribution in [0.1, 0.15) is 21.5 Å².